The quantitative estimate of drug-likeness (QED) is 0.845. The molecule has 0 bridgehead atoms. The first-order valence-electron chi connectivity index (χ1n) is 5.67. The van der Waals surface area contributed by atoms with Crippen LogP contribution in [-0.2, 0) is 6.54 Å². The summed E-state index contributed by atoms with van der Waals surface area (Å²) in [5, 5.41) is 12.6. The summed E-state index contributed by atoms with van der Waals surface area (Å²) in [6.07, 6.45) is 1.23. The highest BCUT2D eigenvalue weighted by atomic mass is 16.3. The molecule has 2 rings (SSSR count). The van der Waals surface area contributed by atoms with E-state index in [0.29, 0.717) is 0 Å². The minimum Gasteiger partial charge on any atom is -0.389 e. The Balaban J connectivity index is 1.96. The van der Waals surface area contributed by atoms with E-state index in [0.717, 1.165) is 17.9 Å². The molecular weight excluding hydrogens is 212 g/mol. The summed E-state index contributed by atoms with van der Waals surface area (Å²) < 4.78 is 0. The van der Waals surface area contributed by atoms with Crippen LogP contribution in [0.2, 0.25) is 0 Å². The minimum atomic E-state index is -0.467. The molecule has 2 N–H and O–H groups in total. The van der Waals surface area contributed by atoms with E-state index in [2.05, 4.69) is 22.4 Å². The molecule has 0 saturated heterocycles. The van der Waals surface area contributed by atoms with E-state index in [4.69, 9.17) is 0 Å². The number of nitrogens with one attached hydrogen (secondary N) is 1. The van der Waals surface area contributed by atoms with Crippen molar-refractivity contribution in [1.29, 1.82) is 0 Å². The molecule has 0 aliphatic carbocycles. The van der Waals surface area contributed by atoms with Gasteiger partial charge in [-0.15, -0.1) is 0 Å². The lowest BCUT2D eigenvalue weighted by Crippen LogP contribution is -2.01. The minimum absolute atomic E-state index is 0.467. The van der Waals surface area contributed by atoms with E-state index < -0.39 is 6.10 Å². The van der Waals surface area contributed by atoms with Crippen LogP contribution < -0.4 is 5.32 Å². The lowest BCUT2D eigenvalue weighted by Gasteiger charge is -2.07. The van der Waals surface area contributed by atoms with Gasteiger partial charge in [0.15, 0.2) is 0 Å². The second kappa shape index (κ2) is 5.46. The molecule has 17 heavy (non-hydrogen) atoms. The van der Waals surface area contributed by atoms with E-state index in [1.54, 1.807) is 13.1 Å². The summed E-state index contributed by atoms with van der Waals surface area (Å²) in [4.78, 5) is 4.24. The van der Waals surface area contributed by atoms with E-state index in [1.807, 2.05) is 30.3 Å². The van der Waals surface area contributed by atoms with Gasteiger partial charge in [0, 0.05) is 12.7 Å². The first-order valence-corrected chi connectivity index (χ1v) is 5.67. The van der Waals surface area contributed by atoms with Crippen molar-refractivity contribution < 1.29 is 5.11 Å². The summed E-state index contributed by atoms with van der Waals surface area (Å²) in [6, 6.07) is 13.9. The molecular formula is C14H16N2O. The van der Waals surface area contributed by atoms with Crippen LogP contribution in [0.15, 0.2) is 48.7 Å². The third kappa shape index (κ3) is 3.29. The van der Waals surface area contributed by atoms with Crippen molar-refractivity contribution in [1.82, 2.24) is 4.98 Å². The predicted octanol–water partition coefficient (Wildman–Crippen LogP) is 2.75. The van der Waals surface area contributed by atoms with Crippen molar-refractivity contribution in [3.05, 3.63) is 59.8 Å². The Morgan fingerprint density at radius 3 is 2.53 bits per heavy atom. The van der Waals surface area contributed by atoms with Crippen molar-refractivity contribution in [2.24, 2.45) is 0 Å². The maximum absolute atomic E-state index is 9.36. The van der Waals surface area contributed by atoms with Gasteiger partial charge in [-0.05, 0) is 24.1 Å². The number of rotatable bonds is 4. The maximum atomic E-state index is 9.36. The highest BCUT2D eigenvalue weighted by molar-refractivity contribution is 5.37. The summed E-state index contributed by atoms with van der Waals surface area (Å²) in [5.74, 6) is 0.818. The van der Waals surface area contributed by atoms with Gasteiger partial charge in [-0.2, -0.15) is 0 Å². The van der Waals surface area contributed by atoms with Crippen LogP contribution >= 0.6 is 0 Å². The van der Waals surface area contributed by atoms with Crippen LogP contribution in [-0.4, -0.2) is 10.1 Å². The molecule has 1 aromatic heterocycles. The zero-order valence-corrected chi connectivity index (χ0v) is 9.80. The SMILES string of the molecule is CC(O)c1ccc(NCc2ccccc2)nc1. The van der Waals surface area contributed by atoms with Crippen LogP contribution in [0, 0.1) is 0 Å². The van der Waals surface area contributed by atoms with Gasteiger partial charge in [0.2, 0.25) is 0 Å². The Kier molecular flexibility index (Phi) is 3.73. The van der Waals surface area contributed by atoms with Crippen molar-refractivity contribution in [3.8, 4) is 0 Å². The largest absolute Gasteiger partial charge is 0.389 e. The Morgan fingerprint density at radius 2 is 1.94 bits per heavy atom. The molecule has 2 aromatic rings. The third-order valence-corrected chi connectivity index (χ3v) is 2.59. The van der Waals surface area contributed by atoms with Crippen molar-refractivity contribution in [2.75, 3.05) is 5.32 Å². The Morgan fingerprint density at radius 1 is 1.18 bits per heavy atom. The number of pyridine rings is 1. The molecule has 0 aliphatic heterocycles. The number of anilines is 1. The molecule has 0 radical (unpaired) electrons. The van der Waals surface area contributed by atoms with Crippen LogP contribution in [0.5, 0.6) is 0 Å². The average molecular weight is 228 g/mol. The second-order valence-electron chi connectivity index (χ2n) is 3.99. The molecule has 0 spiro atoms. The van der Waals surface area contributed by atoms with Crippen LogP contribution in [0.3, 0.4) is 0 Å². The predicted molar refractivity (Wildman–Crippen MR) is 68.6 cm³/mol. The fourth-order valence-corrected chi connectivity index (χ4v) is 1.55. The first-order chi connectivity index (χ1) is 8.25. The zero-order chi connectivity index (χ0) is 12.1. The number of aliphatic hydroxyl groups excluding tert-OH is 1. The second-order valence-corrected chi connectivity index (χ2v) is 3.99. The Bertz CT molecular complexity index is 451. The standard InChI is InChI=1S/C14H16N2O/c1-11(17)13-7-8-14(16-10-13)15-9-12-5-3-2-4-6-12/h2-8,10-11,17H,9H2,1H3,(H,15,16). The molecule has 0 amide bonds. The van der Waals surface area contributed by atoms with Crippen molar-refractivity contribution in [2.45, 2.75) is 19.6 Å². The highest BCUT2D eigenvalue weighted by Gasteiger charge is 2.00. The van der Waals surface area contributed by atoms with Gasteiger partial charge in [-0.1, -0.05) is 36.4 Å². The molecule has 1 aromatic carbocycles. The topological polar surface area (TPSA) is 45.1 Å². The molecule has 0 saturated carbocycles. The lowest BCUT2D eigenvalue weighted by molar-refractivity contribution is 0.199. The van der Waals surface area contributed by atoms with Gasteiger partial charge in [0.1, 0.15) is 5.82 Å². The summed E-state index contributed by atoms with van der Waals surface area (Å²) in [6.45, 7) is 2.48. The van der Waals surface area contributed by atoms with Crippen LogP contribution in [0.1, 0.15) is 24.2 Å². The van der Waals surface area contributed by atoms with Crippen LogP contribution in [0.25, 0.3) is 0 Å². The van der Waals surface area contributed by atoms with Crippen LogP contribution in [0.4, 0.5) is 5.82 Å². The number of aromatic nitrogens is 1. The van der Waals surface area contributed by atoms with Gasteiger partial charge < -0.3 is 10.4 Å². The molecule has 1 heterocycles. The van der Waals surface area contributed by atoms with Gasteiger partial charge in [0.25, 0.3) is 0 Å². The fourth-order valence-electron chi connectivity index (χ4n) is 1.55. The fraction of sp³-hybridized carbons (Fsp3) is 0.214. The van der Waals surface area contributed by atoms with E-state index in [9.17, 15) is 5.11 Å². The Labute approximate surface area is 101 Å². The van der Waals surface area contributed by atoms with Gasteiger partial charge in [0.05, 0.1) is 6.10 Å². The van der Waals surface area contributed by atoms with Gasteiger partial charge >= 0.3 is 0 Å². The lowest BCUT2D eigenvalue weighted by atomic mass is 10.2. The number of benzene rings is 1. The van der Waals surface area contributed by atoms with Crippen molar-refractivity contribution in [3.63, 3.8) is 0 Å². The molecule has 88 valence electrons. The van der Waals surface area contributed by atoms with E-state index >= 15 is 0 Å². The number of hydrogen-bond acceptors (Lipinski definition) is 3. The van der Waals surface area contributed by atoms with Gasteiger partial charge in [-0.25, -0.2) is 4.98 Å². The number of nitrogens with zero attached hydrogens (tertiary/aromatic N) is 1. The molecule has 1 unspecified atom stereocenters. The zero-order valence-electron chi connectivity index (χ0n) is 9.80. The third-order valence-electron chi connectivity index (χ3n) is 2.59. The number of aliphatic hydroxyl groups is 1. The maximum Gasteiger partial charge on any atom is 0.126 e. The summed E-state index contributed by atoms with van der Waals surface area (Å²) >= 11 is 0. The van der Waals surface area contributed by atoms with Crippen molar-refractivity contribution >= 4 is 5.82 Å². The average Bonchev–Trinajstić information content (AvgIpc) is 2.38. The smallest absolute Gasteiger partial charge is 0.126 e. The number of hydrogen-bond donors (Lipinski definition) is 2. The summed E-state index contributed by atoms with van der Waals surface area (Å²) in [5.41, 5.74) is 2.05. The van der Waals surface area contributed by atoms with Gasteiger partial charge in [-0.3, -0.25) is 0 Å². The molecule has 3 nitrogen and oxygen atoms in total. The molecule has 1 atom stereocenters. The molecule has 0 fully saturated rings. The first kappa shape index (κ1) is 11.6. The van der Waals surface area contributed by atoms with E-state index in [1.165, 1.54) is 5.56 Å². The van der Waals surface area contributed by atoms with E-state index in [-0.39, 0.29) is 0 Å². The normalized spacial score (nSPS) is 12.1. The highest BCUT2D eigenvalue weighted by Crippen LogP contribution is 2.13. The molecule has 0 aliphatic rings. The monoisotopic (exact) mass is 228 g/mol. The Hall–Kier alpha value is -1.87. The summed E-state index contributed by atoms with van der Waals surface area (Å²) in [7, 11) is 0. The molecule has 3 heteroatoms.